The Bertz CT molecular complexity index is 562. The van der Waals surface area contributed by atoms with Gasteiger partial charge in [0.25, 0.3) is 0 Å². The van der Waals surface area contributed by atoms with Crippen molar-refractivity contribution < 1.29 is 4.74 Å². The Balaban J connectivity index is 2.19. The number of ether oxygens (including phenoxy) is 1. The number of aromatic nitrogens is 2. The second-order valence-corrected chi connectivity index (χ2v) is 6.14. The Kier molecular flexibility index (Phi) is 5.82. The van der Waals surface area contributed by atoms with E-state index in [0.717, 1.165) is 37.4 Å². The van der Waals surface area contributed by atoms with Crippen LogP contribution in [0.2, 0.25) is 0 Å². The highest BCUT2D eigenvalue weighted by atomic mass is 32.1. The Morgan fingerprint density at radius 2 is 2.19 bits per heavy atom. The predicted octanol–water partition coefficient (Wildman–Crippen LogP) is 3.56. The van der Waals surface area contributed by atoms with Crippen LogP contribution in [-0.2, 0) is 13.0 Å². The topological polar surface area (TPSA) is 39.1 Å². The Morgan fingerprint density at radius 1 is 1.38 bits per heavy atom. The number of methoxy groups -OCH3 is 1. The summed E-state index contributed by atoms with van der Waals surface area (Å²) in [5.41, 5.74) is 2.38. The van der Waals surface area contributed by atoms with Gasteiger partial charge in [-0.15, -0.1) is 11.3 Å². The molecule has 1 unspecified atom stereocenters. The molecule has 0 bridgehead atoms. The first kappa shape index (κ1) is 16.0. The fourth-order valence-electron chi connectivity index (χ4n) is 2.46. The van der Waals surface area contributed by atoms with E-state index in [1.54, 1.807) is 18.4 Å². The van der Waals surface area contributed by atoms with Gasteiger partial charge >= 0.3 is 0 Å². The predicted molar refractivity (Wildman–Crippen MR) is 88.2 cm³/mol. The molecule has 0 aromatic carbocycles. The summed E-state index contributed by atoms with van der Waals surface area (Å²) < 4.78 is 7.41. The molecule has 2 aromatic heterocycles. The van der Waals surface area contributed by atoms with Crippen molar-refractivity contribution in [3.63, 3.8) is 0 Å². The Morgan fingerprint density at radius 3 is 2.81 bits per heavy atom. The lowest BCUT2D eigenvalue weighted by molar-refractivity contribution is 0.415. The molecule has 0 amide bonds. The van der Waals surface area contributed by atoms with Crippen molar-refractivity contribution in [2.24, 2.45) is 0 Å². The van der Waals surface area contributed by atoms with Crippen LogP contribution in [0, 0.1) is 6.92 Å². The van der Waals surface area contributed by atoms with Gasteiger partial charge in [-0.3, -0.25) is 4.68 Å². The zero-order valence-electron chi connectivity index (χ0n) is 13.3. The third-order valence-corrected chi connectivity index (χ3v) is 4.54. The average Bonchev–Trinajstić information content (AvgIpc) is 3.09. The summed E-state index contributed by atoms with van der Waals surface area (Å²) in [6.45, 7) is 8.32. The summed E-state index contributed by atoms with van der Waals surface area (Å²) in [5.74, 6) is 0.943. The lowest BCUT2D eigenvalue weighted by atomic mass is 10.1. The molecule has 0 aliphatic carbocycles. The number of rotatable bonds is 8. The molecule has 2 heterocycles. The van der Waals surface area contributed by atoms with Gasteiger partial charge in [-0.25, -0.2) is 0 Å². The lowest BCUT2D eigenvalue weighted by Crippen LogP contribution is -2.24. The number of thiophene rings is 1. The molecule has 0 saturated carbocycles. The molecule has 0 aliphatic heterocycles. The van der Waals surface area contributed by atoms with E-state index >= 15 is 0 Å². The first-order valence-electron chi connectivity index (χ1n) is 7.57. The van der Waals surface area contributed by atoms with E-state index in [0.29, 0.717) is 6.04 Å². The van der Waals surface area contributed by atoms with Gasteiger partial charge < -0.3 is 10.1 Å². The zero-order chi connectivity index (χ0) is 15.2. The van der Waals surface area contributed by atoms with Gasteiger partial charge in [0.15, 0.2) is 0 Å². The maximum Gasteiger partial charge on any atom is 0.129 e. The fourth-order valence-corrected chi connectivity index (χ4v) is 3.39. The van der Waals surface area contributed by atoms with E-state index in [1.165, 1.54) is 10.6 Å². The van der Waals surface area contributed by atoms with Gasteiger partial charge in [0.2, 0.25) is 0 Å². The van der Waals surface area contributed by atoms with E-state index in [-0.39, 0.29) is 0 Å². The Labute approximate surface area is 131 Å². The summed E-state index contributed by atoms with van der Waals surface area (Å²) >= 11 is 1.76. The highest BCUT2D eigenvalue weighted by Gasteiger charge is 2.17. The molecule has 1 atom stereocenters. The average molecular weight is 307 g/mol. The first-order chi connectivity index (χ1) is 10.2. The van der Waals surface area contributed by atoms with Crippen LogP contribution in [0.3, 0.4) is 0 Å². The smallest absolute Gasteiger partial charge is 0.129 e. The maximum atomic E-state index is 5.31. The molecule has 4 nitrogen and oxygen atoms in total. The monoisotopic (exact) mass is 307 g/mol. The van der Waals surface area contributed by atoms with Crippen LogP contribution >= 0.6 is 11.3 Å². The standard InChI is InChI=1S/C16H25N3OS/c1-5-7-17-15(16-10-14(20-4)11-21-16)9-13-8-12(3)18-19(13)6-2/h8,10-11,15,17H,5-7,9H2,1-4H3. The minimum absolute atomic E-state index is 0.320. The van der Waals surface area contributed by atoms with Gasteiger partial charge in [-0.2, -0.15) is 5.10 Å². The number of nitrogens with one attached hydrogen (secondary N) is 1. The maximum absolute atomic E-state index is 5.31. The van der Waals surface area contributed by atoms with Gasteiger partial charge in [-0.05, 0) is 38.9 Å². The summed E-state index contributed by atoms with van der Waals surface area (Å²) in [6.07, 6.45) is 2.09. The van der Waals surface area contributed by atoms with E-state index in [1.807, 2.05) is 0 Å². The molecule has 2 aromatic rings. The lowest BCUT2D eigenvalue weighted by Gasteiger charge is -2.17. The zero-order valence-corrected chi connectivity index (χ0v) is 14.2. The van der Waals surface area contributed by atoms with E-state index in [4.69, 9.17) is 4.74 Å². The minimum atomic E-state index is 0.320. The third kappa shape index (κ3) is 4.08. The van der Waals surface area contributed by atoms with Crippen LogP contribution in [0.1, 0.15) is 42.6 Å². The van der Waals surface area contributed by atoms with Crippen molar-refractivity contribution in [3.05, 3.63) is 33.8 Å². The number of hydrogen-bond donors (Lipinski definition) is 1. The molecule has 0 radical (unpaired) electrons. The van der Waals surface area contributed by atoms with Gasteiger partial charge in [-0.1, -0.05) is 6.92 Å². The summed E-state index contributed by atoms with van der Waals surface area (Å²) in [4.78, 5) is 1.32. The highest BCUT2D eigenvalue weighted by molar-refractivity contribution is 7.10. The van der Waals surface area contributed by atoms with Crippen LogP contribution in [0.25, 0.3) is 0 Å². The normalized spacial score (nSPS) is 12.6. The van der Waals surface area contributed by atoms with Crippen LogP contribution < -0.4 is 10.1 Å². The third-order valence-electron chi connectivity index (χ3n) is 3.51. The molecular weight excluding hydrogens is 282 g/mol. The van der Waals surface area contributed by atoms with Gasteiger partial charge in [0.05, 0.1) is 12.8 Å². The fraction of sp³-hybridized carbons (Fsp3) is 0.562. The molecule has 0 spiro atoms. The first-order valence-corrected chi connectivity index (χ1v) is 8.45. The molecule has 116 valence electrons. The van der Waals surface area contributed by atoms with Crippen LogP contribution in [-0.4, -0.2) is 23.4 Å². The summed E-state index contributed by atoms with van der Waals surface area (Å²) in [5, 5.41) is 10.3. The van der Waals surface area contributed by atoms with Crippen LogP contribution in [0.5, 0.6) is 5.75 Å². The van der Waals surface area contributed by atoms with Gasteiger partial charge in [0, 0.05) is 35.0 Å². The molecule has 0 saturated heterocycles. The molecule has 5 heteroatoms. The number of aryl methyl sites for hydroxylation is 2. The largest absolute Gasteiger partial charge is 0.496 e. The second kappa shape index (κ2) is 7.61. The van der Waals surface area contributed by atoms with Crippen molar-refractivity contribution >= 4 is 11.3 Å². The van der Waals surface area contributed by atoms with E-state index in [2.05, 4.69) is 53.4 Å². The molecular formula is C16H25N3OS. The van der Waals surface area contributed by atoms with Gasteiger partial charge in [0.1, 0.15) is 5.75 Å². The SMILES string of the molecule is CCCNC(Cc1cc(C)nn1CC)c1cc(OC)cs1. The summed E-state index contributed by atoms with van der Waals surface area (Å²) in [6, 6.07) is 4.65. The van der Waals surface area contributed by atoms with E-state index in [9.17, 15) is 0 Å². The molecule has 0 fully saturated rings. The van der Waals surface area contributed by atoms with Crippen molar-refractivity contribution in [1.82, 2.24) is 15.1 Å². The highest BCUT2D eigenvalue weighted by Crippen LogP contribution is 2.29. The number of nitrogens with zero attached hydrogens (tertiary/aromatic N) is 2. The van der Waals surface area contributed by atoms with Crippen LogP contribution in [0.15, 0.2) is 17.5 Å². The van der Waals surface area contributed by atoms with Crippen molar-refractivity contribution in [2.45, 2.75) is 46.2 Å². The molecule has 1 N–H and O–H groups in total. The quantitative estimate of drug-likeness (QED) is 0.810. The van der Waals surface area contributed by atoms with Crippen LogP contribution in [0.4, 0.5) is 0 Å². The second-order valence-electron chi connectivity index (χ2n) is 5.19. The minimum Gasteiger partial charge on any atom is -0.496 e. The molecule has 21 heavy (non-hydrogen) atoms. The van der Waals surface area contributed by atoms with Crippen molar-refractivity contribution in [2.75, 3.05) is 13.7 Å². The van der Waals surface area contributed by atoms with Crippen molar-refractivity contribution in [1.29, 1.82) is 0 Å². The molecule has 0 aliphatic rings. The number of hydrogen-bond acceptors (Lipinski definition) is 4. The van der Waals surface area contributed by atoms with E-state index < -0.39 is 0 Å². The Hall–Kier alpha value is -1.33. The van der Waals surface area contributed by atoms with Crippen molar-refractivity contribution in [3.8, 4) is 5.75 Å². The molecule has 2 rings (SSSR count). The summed E-state index contributed by atoms with van der Waals surface area (Å²) in [7, 11) is 1.72.